The molecule has 0 bridgehead atoms. The van der Waals surface area contributed by atoms with Crippen LogP contribution in [0.25, 0.3) is 0 Å². The molecular formula is C14H15BO2S. The SMILES string of the molecule is Cc1cccc(SCc2ccc(B(O)O)cc2)c1. The second-order valence-corrected chi connectivity index (χ2v) is 5.27. The molecule has 0 saturated heterocycles. The maximum Gasteiger partial charge on any atom is 0.488 e. The van der Waals surface area contributed by atoms with E-state index in [0.717, 1.165) is 5.75 Å². The lowest BCUT2D eigenvalue weighted by molar-refractivity contribution is 0.426. The number of aryl methyl sites for hydroxylation is 1. The van der Waals surface area contributed by atoms with Crippen molar-refractivity contribution in [1.29, 1.82) is 0 Å². The number of benzene rings is 2. The molecule has 2 aromatic rings. The van der Waals surface area contributed by atoms with E-state index in [1.54, 1.807) is 23.9 Å². The Morgan fingerprint density at radius 3 is 2.39 bits per heavy atom. The van der Waals surface area contributed by atoms with Crippen LogP contribution in [0.4, 0.5) is 0 Å². The van der Waals surface area contributed by atoms with Gasteiger partial charge in [0, 0.05) is 10.6 Å². The van der Waals surface area contributed by atoms with Gasteiger partial charge in [0.15, 0.2) is 0 Å². The number of hydrogen-bond acceptors (Lipinski definition) is 3. The molecule has 2 nitrogen and oxygen atoms in total. The lowest BCUT2D eigenvalue weighted by Crippen LogP contribution is -2.29. The van der Waals surface area contributed by atoms with E-state index in [2.05, 4.69) is 31.2 Å². The maximum atomic E-state index is 9.00. The Hall–Kier alpha value is -1.23. The summed E-state index contributed by atoms with van der Waals surface area (Å²) in [5.41, 5.74) is 2.96. The van der Waals surface area contributed by atoms with E-state index in [1.807, 2.05) is 12.1 Å². The largest absolute Gasteiger partial charge is 0.488 e. The van der Waals surface area contributed by atoms with Crippen LogP contribution < -0.4 is 5.46 Å². The first-order valence-electron chi connectivity index (χ1n) is 5.79. The molecule has 0 spiro atoms. The molecule has 92 valence electrons. The van der Waals surface area contributed by atoms with E-state index in [-0.39, 0.29) is 0 Å². The van der Waals surface area contributed by atoms with E-state index in [0.29, 0.717) is 5.46 Å². The maximum absolute atomic E-state index is 9.00. The highest BCUT2D eigenvalue weighted by atomic mass is 32.2. The van der Waals surface area contributed by atoms with Gasteiger partial charge in [-0.3, -0.25) is 0 Å². The summed E-state index contributed by atoms with van der Waals surface area (Å²) in [7, 11) is -1.39. The molecule has 2 aromatic carbocycles. The third-order valence-corrected chi connectivity index (χ3v) is 3.74. The fraction of sp³-hybridized carbons (Fsp3) is 0.143. The fourth-order valence-electron chi connectivity index (χ4n) is 1.66. The highest BCUT2D eigenvalue weighted by Gasteiger charge is 2.09. The Bertz CT molecular complexity index is 511. The van der Waals surface area contributed by atoms with Crippen LogP contribution in [0, 0.1) is 6.92 Å². The van der Waals surface area contributed by atoms with E-state index in [4.69, 9.17) is 10.0 Å². The van der Waals surface area contributed by atoms with Crippen molar-refractivity contribution in [2.24, 2.45) is 0 Å². The Labute approximate surface area is 112 Å². The van der Waals surface area contributed by atoms with Crippen LogP contribution in [0.1, 0.15) is 11.1 Å². The quantitative estimate of drug-likeness (QED) is 0.650. The molecule has 0 atom stereocenters. The standard InChI is InChI=1S/C14H15BO2S/c1-11-3-2-4-14(9-11)18-10-12-5-7-13(8-6-12)15(16)17/h2-9,16-17H,10H2,1H3. The van der Waals surface area contributed by atoms with Gasteiger partial charge in [0.2, 0.25) is 0 Å². The summed E-state index contributed by atoms with van der Waals surface area (Å²) in [6.45, 7) is 2.08. The molecular weight excluding hydrogens is 243 g/mol. The Balaban J connectivity index is 1.98. The Morgan fingerprint density at radius 2 is 1.78 bits per heavy atom. The van der Waals surface area contributed by atoms with Crippen molar-refractivity contribution >= 4 is 24.3 Å². The predicted molar refractivity (Wildman–Crippen MR) is 77.0 cm³/mol. The van der Waals surface area contributed by atoms with Crippen molar-refractivity contribution in [2.45, 2.75) is 17.6 Å². The average molecular weight is 258 g/mol. The molecule has 0 radical (unpaired) electrons. The molecule has 0 aliphatic carbocycles. The highest BCUT2D eigenvalue weighted by molar-refractivity contribution is 7.98. The van der Waals surface area contributed by atoms with Gasteiger partial charge in [-0.25, -0.2) is 0 Å². The minimum Gasteiger partial charge on any atom is -0.423 e. The van der Waals surface area contributed by atoms with Crippen LogP contribution in [0.2, 0.25) is 0 Å². The molecule has 18 heavy (non-hydrogen) atoms. The highest BCUT2D eigenvalue weighted by Crippen LogP contribution is 2.23. The lowest BCUT2D eigenvalue weighted by Gasteiger charge is -2.04. The summed E-state index contributed by atoms with van der Waals surface area (Å²) < 4.78 is 0. The van der Waals surface area contributed by atoms with Crippen molar-refractivity contribution in [3.63, 3.8) is 0 Å². The van der Waals surface area contributed by atoms with Crippen molar-refractivity contribution in [3.05, 3.63) is 59.7 Å². The molecule has 0 heterocycles. The summed E-state index contributed by atoms with van der Waals surface area (Å²) in [6, 6.07) is 15.8. The molecule has 0 saturated carbocycles. The van der Waals surface area contributed by atoms with E-state index < -0.39 is 7.12 Å². The zero-order chi connectivity index (χ0) is 13.0. The lowest BCUT2D eigenvalue weighted by atomic mass is 9.80. The number of hydrogen-bond donors (Lipinski definition) is 2. The summed E-state index contributed by atoms with van der Waals surface area (Å²) in [5, 5.41) is 18.0. The molecule has 4 heteroatoms. The monoisotopic (exact) mass is 258 g/mol. The smallest absolute Gasteiger partial charge is 0.423 e. The van der Waals surface area contributed by atoms with Crippen molar-refractivity contribution in [2.75, 3.05) is 0 Å². The van der Waals surface area contributed by atoms with Gasteiger partial charge in [-0.2, -0.15) is 0 Å². The summed E-state index contributed by atoms with van der Waals surface area (Å²) in [5.74, 6) is 0.880. The number of thioether (sulfide) groups is 1. The first-order valence-corrected chi connectivity index (χ1v) is 6.78. The van der Waals surface area contributed by atoms with Crippen molar-refractivity contribution in [1.82, 2.24) is 0 Å². The summed E-state index contributed by atoms with van der Waals surface area (Å²) >= 11 is 1.78. The summed E-state index contributed by atoms with van der Waals surface area (Å²) in [4.78, 5) is 1.25. The first kappa shape index (κ1) is 13.2. The van der Waals surface area contributed by atoms with E-state index in [1.165, 1.54) is 16.0 Å². The molecule has 0 aliphatic heterocycles. The van der Waals surface area contributed by atoms with Gasteiger partial charge >= 0.3 is 7.12 Å². The van der Waals surface area contributed by atoms with Crippen molar-refractivity contribution < 1.29 is 10.0 Å². The Kier molecular flexibility index (Phi) is 4.47. The zero-order valence-corrected chi connectivity index (χ0v) is 11.0. The third-order valence-electron chi connectivity index (χ3n) is 2.67. The van der Waals surface area contributed by atoms with Crippen LogP contribution in [-0.2, 0) is 5.75 Å². The van der Waals surface area contributed by atoms with Gasteiger partial charge in [0.25, 0.3) is 0 Å². The molecule has 0 amide bonds. The molecule has 2 N–H and O–H groups in total. The first-order chi connectivity index (χ1) is 8.65. The average Bonchev–Trinajstić information content (AvgIpc) is 2.37. The second-order valence-electron chi connectivity index (χ2n) is 4.22. The number of rotatable bonds is 4. The Morgan fingerprint density at radius 1 is 1.06 bits per heavy atom. The molecule has 0 aliphatic rings. The zero-order valence-electron chi connectivity index (χ0n) is 10.2. The van der Waals surface area contributed by atoms with Crippen molar-refractivity contribution in [3.8, 4) is 0 Å². The van der Waals surface area contributed by atoms with E-state index in [9.17, 15) is 0 Å². The van der Waals surface area contributed by atoms with Gasteiger partial charge < -0.3 is 10.0 Å². The molecule has 0 fully saturated rings. The van der Waals surface area contributed by atoms with Crippen LogP contribution >= 0.6 is 11.8 Å². The minimum absolute atomic E-state index is 0.527. The summed E-state index contributed by atoms with van der Waals surface area (Å²) in [6.07, 6.45) is 0. The van der Waals surface area contributed by atoms with Gasteiger partial charge in [-0.1, -0.05) is 42.0 Å². The van der Waals surface area contributed by atoms with Crippen LogP contribution in [0.15, 0.2) is 53.4 Å². The molecule has 0 unspecified atom stereocenters. The third kappa shape index (κ3) is 3.63. The van der Waals surface area contributed by atoms with Gasteiger partial charge in [-0.15, -0.1) is 11.8 Å². The topological polar surface area (TPSA) is 40.5 Å². The van der Waals surface area contributed by atoms with Crippen LogP contribution in [-0.4, -0.2) is 17.2 Å². The van der Waals surface area contributed by atoms with Gasteiger partial charge in [0.1, 0.15) is 0 Å². The normalized spacial score (nSPS) is 10.4. The predicted octanol–water partition coefficient (Wildman–Crippen LogP) is 1.97. The molecule has 2 rings (SSSR count). The van der Waals surface area contributed by atoms with Crippen LogP contribution in [0.5, 0.6) is 0 Å². The van der Waals surface area contributed by atoms with Gasteiger partial charge in [0.05, 0.1) is 0 Å². The second kappa shape index (κ2) is 6.09. The van der Waals surface area contributed by atoms with E-state index >= 15 is 0 Å². The minimum atomic E-state index is -1.39. The van der Waals surface area contributed by atoms with Crippen LogP contribution in [0.3, 0.4) is 0 Å². The van der Waals surface area contributed by atoms with Gasteiger partial charge in [-0.05, 0) is 30.1 Å². The fourth-order valence-corrected chi connectivity index (χ4v) is 2.63. The molecule has 0 aromatic heterocycles.